The van der Waals surface area contributed by atoms with Gasteiger partial charge in [0.25, 0.3) is 0 Å². The van der Waals surface area contributed by atoms with Gasteiger partial charge in [-0.15, -0.1) is 6.58 Å². The van der Waals surface area contributed by atoms with Gasteiger partial charge in [-0.3, -0.25) is 9.59 Å². The first kappa shape index (κ1) is 16.0. The van der Waals surface area contributed by atoms with Crippen molar-refractivity contribution in [3.63, 3.8) is 0 Å². The summed E-state index contributed by atoms with van der Waals surface area (Å²) in [5.74, 6) is 0.604. The summed E-state index contributed by atoms with van der Waals surface area (Å²) in [6.45, 7) is 7.74. The van der Waals surface area contributed by atoms with Crippen molar-refractivity contribution in [3.8, 4) is 0 Å². The van der Waals surface area contributed by atoms with Crippen LogP contribution in [0.4, 0.5) is 0 Å². The maximum absolute atomic E-state index is 12.5. The van der Waals surface area contributed by atoms with Crippen molar-refractivity contribution in [2.24, 2.45) is 11.8 Å². The molecular formula is C16H27N3O2. The van der Waals surface area contributed by atoms with Gasteiger partial charge in [-0.2, -0.15) is 0 Å². The number of nitrogens with zero attached hydrogens (tertiary/aromatic N) is 2. The van der Waals surface area contributed by atoms with Crippen molar-refractivity contribution >= 4 is 11.8 Å². The zero-order valence-electron chi connectivity index (χ0n) is 13.0. The van der Waals surface area contributed by atoms with Crippen LogP contribution in [-0.2, 0) is 9.59 Å². The number of amides is 2. The van der Waals surface area contributed by atoms with Gasteiger partial charge in [0, 0.05) is 44.6 Å². The number of nitrogens with one attached hydrogen (secondary N) is 1. The molecule has 1 heterocycles. The number of hydrogen-bond donors (Lipinski definition) is 1. The molecular weight excluding hydrogens is 266 g/mol. The van der Waals surface area contributed by atoms with E-state index >= 15 is 0 Å². The fraction of sp³-hybridized carbons (Fsp3) is 0.750. The summed E-state index contributed by atoms with van der Waals surface area (Å²) in [7, 11) is 2.09. The third-order valence-electron chi connectivity index (χ3n) is 4.68. The predicted molar refractivity (Wildman–Crippen MR) is 82.7 cm³/mol. The second-order valence-electron chi connectivity index (χ2n) is 6.21. The summed E-state index contributed by atoms with van der Waals surface area (Å²) in [6, 6.07) is 0. The SMILES string of the molecule is C=CCNC(=O)C1CCC(C(=O)N2CCN(C)CC2)CC1. The summed E-state index contributed by atoms with van der Waals surface area (Å²) in [5.41, 5.74) is 0. The molecule has 21 heavy (non-hydrogen) atoms. The van der Waals surface area contributed by atoms with Crippen LogP contribution in [0.15, 0.2) is 12.7 Å². The maximum atomic E-state index is 12.5. The molecule has 0 aromatic heterocycles. The van der Waals surface area contributed by atoms with Crippen molar-refractivity contribution in [2.45, 2.75) is 25.7 Å². The maximum Gasteiger partial charge on any atom is 0.225 e. The highest BCUT2D eigenvalue weighted by atomic mass is 16.2. The number of hydrogen-bond acceptors (Lipinski definition) is 3. The Morgan fingerprint density at radius 1 is 1.10 bits per heavy atom. The second-order valence-corrected chi connectivity index (χ2v) is 6.21. The van der Waals surface area contributed by atoms with Crippen LogP contribution in [0.2, 0.25) is 0 Å². The molecule has 0 bridgehead atoms. The average Bonchev–Trinajstić information content (AvgIpc) is 2.53. The van der Waals surface area contributed by atoms with Crippen molar-refractivity contribution in [1.82, 2.24) is 15.1 Å². The molecule has 0 unspecified atom stereocenters. The smallest absolute Gasteiger partial charge is 0.225 e. The molecule has 5 heteroatoms. The van der Waals surface area contributed by atoms with E-state index in [0.29, 0.717) is 12.5 Å². The van der Waals surface area contributed by atoms with Crippen LogP contribution in [0, 0.1) is 11.8 Å². The Hall–Kier alpha value is -1.36. The van der Waals surface area contributed by atoms with Crippen LogP contribution in [-0.4, -0.2) is 61.4 Å². The highest BCUT2D eigenvalue weighted by molar-refractivity contribution is 5.81. The van der Waals surface area contributed by atoms with Crippen LogP contribution in [0.1, 0.15) is 25.7 Å². The lowest BCUT2D eigenvalue weighted by atomic mass is 9.81. The number of rotatable bonds is 4. The van der Waals surface area contributed by atoms with E-state index in [2.05, 4.69) is 23.8 Å². The lowest BCUT2D eigenvalue weighted by Gasteiger charge is -2.36. The normalized spacial score (nSPS) is 27.2. The van der Waals surface area contributed by atoms with Crippen LogP contribution < -0.4 is 5.32 Å². The molecule has 1 aliphatic carbocycles. The fourth-order valence-electron chi connectivity index (χ4n) is 3.20. The molecule has 1 N–H and O–H groups in total. The number of piperazine rings is 1. The largest absolute Gasteiger partial charge is 0.352 e. The Morgan fingerprint density at radius 2 is 1.67 bits per heavy atom. The van der Waals surface area contributed by atoms with Gasteiger partial charge in [0.05, 0.1) is 0 Å². The Kier molecular flexibility index (Phi) is 5.79. The average molecular weight is 293 g/mol. The Labute approximate surface area is 127 Å². The first-order chi connectivity index (χ1) is 10.1. The standard InChI is InChI=1S/C16H27N3O2/c1-3-8-17-15(20)13-4-6-14(7-5-13)16(21)19-11-9-18(2)10-12-19/h3,13-14H,1,4-12H2,2H3,(H,17,20). The highest BCUT2D eigenvalue weighted by Gasteiger charge is 2.32. The zero-order valence-corrected chi connectivity index (χ0v) is 13.0. The molecule has 1 saturated carbocycles. The van der Waals surface area contributed by atoms with Crippen LogP contribution in [0.25, 0.3) is 0 Å². The van der Waals surface area contributed by atoms with E-state index in [0.717, 1.165) is 51.9 Å². The Morgan fingerprint density at radius 3 is 2.24 bits per heavy atom. The van der Waals surface area contributed by atoms with E-state index in [1.165, 1.54) is 0 Å². The molecule has 5 nitrogen and oxygen atoms in total. The summed E-state index contributed by atoms with van der Waals surface area (Å²) in [4.78, 5) is 28.7. The molecule has 0 spiro atoms. The molecule has 0 aromatic carbocycles. The Bertz CT molecular complexity index is 381. The molecule has 118 valence electrons. The van der Waals surface area contributed by atoms with E-state index in [4.69, 9.17) is 0 Å². The Balaban J connectivity index is 1.76. The minimum absolute atomic E-state index is 0.0708. The number of carbonyl (C=O) groups is 2. The van der Waals surface area contributed by atoms with Crippen molar-refractivity contribution < 1.29 is 9.59 Å². The van der Waals surface area contributed by atoms with Crippen LogP contribution >= 0.6 is 0 Å². The van der Waals surface area contributed by atoms with E-state index in [1.807, 2.05) is 4.90 Å². The molecule has 2 rings (SSSR count). The zero-order chi connectivity index (χ0) is 15.2. The van der Waals surface area contributed by atoms with E-state index in [-0.39, 0.29) is 17.7 Å². The minimum atomic E-state index is 0.0708. The summed E-state index contributed by atoms with van der Waals surface area (Å²) in [6.07, 6.45) is 5.04. The van der Waals surface area contributed by atoms with E-state index in [1.54, 1.807) is 6.08 Å². The summed E-state index contributed by atoms with van der Waals surface area (Å²) >= 11 is 0. The third-order valence-corrected chi connectivity index (χ3v) is 4.68. The first-order valence-corrected chi connectivity index (χ1v) is 7.97. The third kappa shape index (κ3) is 4.30. The fourth-order valence-corrected chi connectivity index (χ4v) is 3.20. The molecule has 0 aromatic rings. The molecule has 2 amide bonds. The van der Waals surface area contributed by atoms with Crippen molar-refractivity contribution in [2.75, 3.05) is 39.8 Å². The van der Waals surface area contributed by atoms with E-state index < -0.39 is 0 Å². The summed E-state index contributed by atoms with van der Waals surface area (Å²) < 4.78 is 0. The first-order valence-electron chi connectivity index (χ1n) is 7.97. The van der Waals surface area contributed by atoms with Crippen molar-refractivity contribution in [3.05, 3.63) is 12.7 Å². The highest BCUT2D eigenvalue weighted by Crippen LogP contribution is 2.30. The van der Waals surface area contributed by atoms with Crippen LogP contribution in [0.5, 0.6) is 0 Å². The quantitative estimate of drug-likeness (QED) is 0.783. The van der Waals surface area contributed by atoms with Gasteiger partial charge in [0.15, 0.2) is 0 Å². The van der Waals surface area contributed by atoms with Crippen molar-refractivity contribution in [1.29, 1.82) is 0 Å². The van der Waals surface area contributed by atoms with Gasteiger partial charge in [0.2, 0.25) is 11.8 Å². The van der Waals surface area contributed by atoms with Gasteiger partial charge < -0.3 is 15.1 Å². The number of likely N-dealkylation sites (N-methyl/N-ethyl adjacent to an activating group) is 1. The molecule has 0 radical (unpaired) electrons. The molecule has 1 aliphatic heterocycles. The lowest BCUT2D eigenvalue weighted by Crippen LogP contribution is -2.49. The summed E-state index contributed by atoms with van der Waals surface area (Å²) in [5, 5.41) is 2.86. The van der Waals surface area contributed by atoms with Crippen LogP contribution in [0.3, 0.4) is 0 Å². The van der Waals surface area contributed by atoms with Gasteiger partial charge in [0.1, 0.15) is 0 Å². The lowest BCUT2D eigenvalue weighted by molar-refractivity contribution is -0.139. The molecule has 1 saturated heterocycles. The number of carbonyl (C=O) groups excluding carboxylic acids is 2. The second kappa shape index (κ2) is 7.59. The molecule has 0 atom stereocenters. The van der Waals surface area contributed by atoms with E-state index in [9.17, 15) is 9.59 Å². The van der Waals surface area contributed by atoms with Gasteiger partial charge in [-0.05, 0) is 32.7 Å². The predicted octanol–water partition coefficient (Wildman–Crippen LogP) is 0.869. The molecule has 2 fully saturated rings. The van der Waals surface area contributed by atoms with Gasteiger partial charge >= 0.3 is 0 Å². The molecule has 2 aliphatic rings. The minimum Gasteiger partial charge on any atom is -0.352 e. The van der Waals surface area contributed by atoms with Gasteiger partial charge in [-0.25, -0.2) is 0 Å². The topological polar surface area (TPSA) is 52.7 Å². The monoisotopic (exact) mass is 293 g/mol. The van der Waals surface area contributed by atoms with Gasteiger partial charge in [-0.1, -0.05) is 6.08 Å².